The first-order valence-corrected chi connectivity index (χ1v) is 12.3. The Morgan fingerprint density at radius 2 is 1.89 bits per heavy atom. The lowest BCUT2D eigenvalue weighted by Crippen LogP contribution is -2.54. The summed E-state index contributed by atoms with van der Waals surface area (Å²) >= 11 is 1.23. The number of halogens is 4. The SMILES string of the molecule is Cc1cc(NC(=O)c2ccc(F)c(C(F)(F)C(=O)N3C4CCCC3c3sc(N)[nH+]c3C4)c2)ccc1F. The second-order valence-electron chi connectivity index (χ2n) is 9.14. The fourth-order valence-electron chi connectivity index (χ4n) is 5.03. The van der Waals surface area contributed by atoms with Crippen LogP contribution in [0.25, 0.3) is 0 Å². The van der Waals surface area contributed by atoms with Gasteiger partial charge in [-0.2, -0.15) is 8.78 Å². The summed E-state index contributed by atoms with van der Waals surface area (Å²) < 4.78 is 59.4. The van der Waals surface area contributed by atoms with Crippen molar-refractivity contribution in [1.82, 2.24) is 4.90 Å². The van der Waals surface area contributed by atoms with Gasteiger partial charge in [-0.25, -0.2) is 13.8 Å². The number of hydrogen-bond acceptors (Lipinski definition) is 4. The predicted octanol–water partition coefficient (Wildman–Crippen LogP) is 4.75. The number of carbonyl (C=O) groups excluding carboxylic acids is 2. The van der Waals surface area contributed by atoms with Gasteiger partial charge in [0.25, 0.3) is 11.8 Å². The summed E-state index contributed by atoms with van der Waals surface area (Å²) in [5.41, 5.74) is 5.83. The van der Waals surface area contributed by atoms with E-state index in [1.54, 1.807) is 0 Å². The number of piperidine rings is 1. The van der Waals surface area contributed by atoms with Crippen LogP contribution < -0.4 is 16.0 Å². The smallest absolute Gasteiger partial charge is 0.326 e. The van der Waals surface area contributed by atoms with Crippen molar-refractivity contribution in [2.75, 3.05) is 11.1 Å². The molecule has 3 aromatic rings. The number of thiazole rings is 1. The molecular weight excluding hydrogens is 496 g/mol. The Balaban J connectivity index is 1.44. The summed E-state index contributed by atoms with van der Waals surface area (Å²) in [6.45, 7) is 1.51. The summed E-state index contributed by atoms with van der Waals surface area (Å²) in [7, 11) is 0. The minimum absolute atomic E-state index is 0.247. The minimum Gasteiger partial charge on any atom is -0.326 e. The van der Waals surface area contributed by atoms with E-state index in [1.807, 2.05) is 0 Å². The molecule has 1 fully saturated rings. The molecule has 0 saturated carbocycles. The zero-order valence-corrected chi connectivity index (χ0v) is 20.0. The molecule has 0 aliphatic carbocycles. The summed E-state index contributed by atoms with van der Waals surface area (Å²) in [6, 6.07) is 5.32. The summed E-state index contributed by atoms with van der Waals surface area (Å²) in [5, 5.41) is 2.92. The maximum Gasteiger partial charge on any atom is 0.352 e. The zero-order chi connectivity index (χ0) is 25.8. The van der Waals surface area contributed by atoms with Crippen molar-refractivity contribution >= 4 is 34.0 Å². The van der Waals surface area contributed by atoms with Crippen molar-refractivity contribution in [2.45, 2.75) is 50.6 Å². The highest BCUT2D eigenvalue weighted by molar-refractivity contribution is 7.15. The second-order valence-corrected chi connectivity index (χ2v) is 10.2. The van der Waals surface area contributed by atoms with Crippen LogP contribution in [-0.4, -0.2) is 22.8 Å². The molecule has 2 atom stereocenters. The normalized spacial score (nSPS) is 19.1. The highest BCUT2D eigenvalue weighted by Crippen LogP contribution is 2.46. The third-order valence-corrected chi connectivity index (χ3v) is 7.82. The topological polar surface area (TPSA) is 89.6 Å². The number of rotatable bonds is 4. The average Bonchev–Trinajstić information content (AvgIpc) is 3.20. The molecule has 2 aliphatic rings. The minimum atomic E-state index is -4.20. The van der Waals surface area contributed by atoms with Crippen LogP contribution in [0.5, 0.6) is 0 Å². The molecule has 2 aromatic carbocycles. The number of anilines is 2. The van der Waals surface area contributed by atoms with Gasteiger partial charge in [0.15, 0.2) is 0 Å². The van der Waals surface area contributed by atoms with Crippen LogP contribution in [0.1, 0.15) is 57.4 Å². The van der Waals surface area contributed by atoms with Gasteiger partial charge in [-0.05, 0) is 79.5 Å². The van der Waals surface area contributed by atoms with E-state index in [4.69, 9.17) is 5.73 Å². The Hall–Kier alpha value is -3.47. The molecule has 4 N–H and O–H groups in total. The first-order valence-electron chi connectivity index (χ1n) is 11.4. The van der Waals surface area contributed by atoms with Gasteiger partial charge in [0.05, 0.1) is 16.5 Å². The molecule has 2 aliphatic heterocycles. The molecular formula is C25H23F4N4O2S+. The van der Waals surface area contributed by atoms with Gasteiger partial charge in [0, 0.05) is 23.7 Å². The number of aryl methyl sites for hydroxylation is 1. The molecule has 5 rings (SSSR count). The van der Waals surface area contributed by atoms with Crippen molar-refractivity contribution in [1.29, 1.82) is 0 Å². The second kappa shape index (κ2) is 8.88. The van der Waals surface area contributed by atoms with Crippen LogP contribution in [0.4, 0.5) is 28.4 Å². The van der Waals surface area contributed by atoms with Crippen molar-refractivity contribution in [3.63, 3.8) is 0 Å². The molecule has 1 aromatic heterocycles. The quantitative estimate of drug-likeness (QED) is 0.488. The van der Waals surface area contributed by atoms with E-state index in [0.29, 0.717) is 30.5 Å². The molecule has 0 radical (unpaired) electrons. The van der Waals surface area contributed by atoms with Crippen molar-refractivity contribution in [3.05, 3.63) is 75.3 Å². The maximum absolute atomic E-state index is 15.6. The third kappa shape index (κ3) is 4.11. The number of aromatic nitrogens is 1. The van der Waals surface area contributed by atoms with E-state index < -0.39 is 47.0 Å². The van der Waals surface area contributed by atoms with Gasteiger partial charge >= 0.3 is 11.1 Å². The Bertz CT molecular complexity index is 1380. The first kappa shape index (κ1) is 24.2. The van der Waals surface area contributed by atoms with Gasteiger partial charge in [-0.15, -0.1) is 0 Å². The van der Waals surface area contributed by atoms with Crippen LogP contribution in [0.3, 0.4) is 0 Å². The number of benzene rings is 2. The predicted molar refractivity (Wildman–Crippen MR) is 126 cm³/mol. The summed E-state index contributed by atoms with van der Waals surface area (Å²) in [5.74, 6) is -8.26. The van der Waals surface area contributed by atoms with Crippen LogP contribution in [-0.2, 0) is 17.1 Å². The first-order chi connectivity index (χ1) is 17.1. The Kier molecular flexibility index (Phi) is 5.98. The van der Waals surface area contributed by atoms with Gasteiger partial charge in [-0.3, -0.25) is 15.3 Å². The lowest BCUT2D eigenvalue weighted by Gasteiger charge is -2.45. The van der Waals surface area contributed by atoms with E-state index >= 15 is 8.78 Å². The average molecular weight is 520 g/mol. The van der Waals surface area contributed by atoms with E-state index in [0.717, 1.165) is 35.2 Å². The molecule has 11 heteroatoms. The maximum atomic E-state index is 15.6. The van der Waals surface area contributed by atoms with E-state index in [1.165, 1.54) is 35.3 Å². The van der Waals surface area contributed by atoms with Gasteiger partial charge in [-0.1, -0.05) is 0 Å². The fourth-order valence-corrected chi connectivity index (χ4v) is 6.06. The summed E-state index contributed by atoms with van der Waals surface area (Å²) in [6.07, 6.45) is 2.18. The molecule has 1 saturated heterocycles. The molecule has 36 heavy (non-hydrogen) atoms. The van der Waals surface area contributed by atoms with E-state index in [2.05, 4.69) is 10.3 Å². The number of nitrogen functional groups attached to an aromatic ring is 1. The van der Waals surface area contributed by atoms with Crippen LogP contribution >= 0.6 is 11.3 Å². The van der Waals surface area contributed by atoms with Gasteiger partial charge in [0.1, 0.15) is 17.3 Å². The number of nitrogens with two attached hydrogens (primary N) is 1. The number of carbonyl (C=O) groups is 2. The molecule has 2 unspecified atom stereocenters. The largest absolute Gasteiger partial charge is 0.352 e. The van der Waals surface area contributed by atoms with Gasteiger partial charge < -0.3 is 10.2 Å². The number of nitrogens with one attached hydrogen (secondary N) is 2. The number of fused-ring (bicyclic) bond motifs is 4. The number of hydrogen-bond donors (Lipinski definition) is 2. The summed E-state index contributed by atoms with van der Waals surface area (Å²) in [4.78, 5) is 30.9. The van der Waals surface area contributed by atoms with E-state index in [9.17, 15) is 18.4 Å². The Morgan fingerprint density at radius 3 is 2.64 bits per heavy atom. The number of H-pyrrole nitrogens is 1. The van der Waals surface area contributed by atoms with E-state index in [-0.39, 0.29) is 16.8 Å². The molecule has 6 nitrogen and oxygen atoms in total. The number of aromatic amines is 1. The van der Waals surface area contributed by atoms with Crippen molar-refractivity contribution < 1.29 is 32.1 Å². The zero-order valence-electron chi connectivity index (χ0n) is 19.2. The number of alkyl halides is 2. The standard InChI is InChI=1S/C25H22F4N4O2S/c1-12-9-14(6-8-17(12)26)31-22(34)13-5-7-18(27)16(10-13)25(28,29)23(35)33-15-3-2-4-20(33)21-19(11-15)32-24(30)36-21/h5-10,15,20H,2-4,11H2,1H3,(H2,30,32)(H,31,34)/p+1. The highest BCUT2D eigenvalue weighted by atomic mass is 32.1. The third-order valence-electron chi connectivity index (χ3n) is 6.76. The van der Waals surface area contributed by atoms with Gasteiger partial charge in [0.2, 0.25) is 0 Å². The molecule has 0 spiro atoms. The lowest BCUT2D eigenvalue weighted by molar-refractivity contribution is -0.370. The number of amides is 2. The highest BCUT2D eigenvalue weighted by Gasteiger charge is 2.53. The molecule has 3 heterocycles. The fraction of sp³-hybridized carbons (Fsp3) is 0.320. The van der Waals surface area contributed by atoms with Crippen molar-refractivity contribution in [3.8, 4) is 0 Å². The molecule has 2 amide bonds. The van der Waals surface area contributed by atoms with Crippen LogP contribution in [0.2, 0.25) is 0 Å². The lowest BCUT2D eigenvalue weighted by atomic mass is 9.85. The van der Waals surface area contributed by atoms with Crippen molar-refractivity contribution in [2.24, 2.45) is 0 Å². The molecule has 188 valence electrons. The molecule has 2 bridgehead atoms. The van der Waals surface area contributed by atoms with Crippen LogP contribution in [0.15, 0.2) is 36.4 Å². The van der Waals surface area contributed by atoms with Crippen LogP contribution in [0, 0.1) is 18.6 Å². The number of nitrogens with zero attached hydrogens (tertiary/aromatic N) is 1. The Morgan fingerprint density at radius 1 is 1.14 bits per heavy atom. The Labute approximate surface area is 208 Å². The monoisotopic (exact) mass is 519 g/mol.